The number of halogens is 1. The van der Waals surface area contributed by atoms with Crippen LogP contribution in [-0.2, 0) is 30.3 Å². The Bertz CT molecular complexity index is 2210. The van der Waals surface area contributed by atoms with Gasteiger partial charge in [-0.05, 0) is 96.1 Å². The fraction of sp³-hybridized carbons (Fsp3) is 0.295. The van der Waals surface area contributed by atoms with E-state index < -0.39 is 18.2 Å². The quantitative estimate of drug-likeness (QED) is 0.0896. The van der Waals surface area contributed by atoms with Gasteiger partial charge in [0.1, 0.15) is 12.1 Å². The second-order valence-electron chi connectivity index (χ2n) is 14.3. The summed E-state index contributed by atoms with van der Waals surface area (Å²) < 4.78 is 6.06. The molecule has 0 saturated carbocycles. The van der Waals surface area contributed by atoms with E-state index in [2.05, 4.69) is 36.9 Å². The molecule has 1 aromatic heterocycles. The number of fused-ring (bicyclic) bond motifs is 1. The van der Waals surface area contributed by atoms with E-state index in [4.69, 9.17) is 4.74 Å². The Hall–Kier alpha value is -5.95. The van der Waals surface area contributed by atoms with Gasteiger partial charge in [-0.15, -0.1) is 0 Å². The van der Waals surface area contributed by atoms with Crippen LogP contribution in [0.2, 0.25) is 0 Å². The van der Waals surface area contributed by atoms with Crippen molar-refractivity contribution in [1.82, 2.24) is 20.1 Å². The highest BCUT2D eigenvalue weighted by atomic mass is 79.9. The molecule has 4 N–H and O–H groups in total. The molecule has 0 bridgehead atoms. The summed E-state index contributed by atoms with van der Waals surface area (Å²) in [6, 6.07) is 29.6. The summed E-state index contributed by atoms with van der Waals surface area (Å²) in [5.41, 5.74) is 5.19. The van der Waals surface area contributed by atoms with Crippen molar-refractivity contribution in [3.63, 3.8) is 0 Å². The Labute approximate surface area is 340 Å². The lowest BCUT2D eigenvalue weighted by Gasteiger charge is -2.29. The molecular weight excluding hydrogens is 788 g/mol. The SMILES string of the molecule is CCCN(CC(=O)Nc1ccc(-c2[nH]c3ccc(NC(=O)[C@@H]4CCCN4C(=O)[C@H](NC(=O)OC(C)C)c4ccccc4)cc3c2Br)cc1)C(=O)Cc1ccccc1. The van der Waals surface area contributed by atoms with Crippen LogP contribution in [0, 0.1) is 0 Å². The van der Waals surface area contributed by atoms with Crippen molar-refractivity contribution in [2.75, 3.05) is 30.3 Å². The number of amides is 5. The van der Waals surface area contributed by atoms with Crippen molar-refractivity contribution >= 4 is 67.9 Å². The number of nitrogens with zero attached hydrogens (tertiary/aromatic N) is 2. The minimum Gasteiger partial charge on any atom is -0.447 e. The van der Waals surface area contributed by atoms with Crippen molar-refractivity contribution in [3.05, 3.63) is 119 Å². The number of aromatic nitrogens is 1. The van der Waals surface area contributed by atoms with Crippen LogP contribution in [-0.4, -0.2) is 76.3 Å². The van der Waals surface area contributed by atoms with Crippen LogP contribution in [0.5, 0.6) is 0 Å². The third-order valence-corrected chi connectivity index (χ3v) is 10.5. The molecule has 1 aliphatic heterocycles. The third-order valence-electron chi connectivity index (χ3n) is 9.66. The van der Waals surface area contributed by atoms with Gasteiger partial charge in [0.05, 0.1) is 29.2 Å². The normalized spacial score (nSPS) is 14.3. The molecule has 0 unspecified atom stereocenters. The molecule has 2 heterocycles. The molecule has 1 saturated heterocycles. The zero-order valence-corrected chi connectivity index (χ0v) is 33.8. The monoisotopic (exact) mass is 834 g/mol. The number of benzene rings is 4. The number of likely N-dealkylation sites (tertiary alicyclic amines) is 1. The highest BCUT2D eigenvalue weighted by Crippen LogP contribution is 2.37. The van der Waals surface area contributed by atoms with Crippen molar-refractivity contribution in [1.29, 1.82) is 0 Å². The van der Waals surface area contributed by atoms with Crippen molar-refractivity contribution in [3.8, 4) is 11.3 Å². The number of hydrogen-bond acceptors (Lipinski definition) is 6. The van der Waals surface area contributed by atoms with Gasteiger partial charge in [0, 0.05) is 35.4 Å². The van der Waals surface area contributed by atoms with Crippen molar-refractivity contribution in [2.45, 2.75) is 64.6 Å². The molecule has 0 radical (unpaired) electrons. The highest BCUT2D eigenvalue weighted by Gasteiger charge is 2.38. The number of anilines is 2. The van der Waals surface area contributed by atoms with Crippen LogP contribution < -0.4 is 16.0 Å². The van der Waals surface area contributed by atoms with Crippen LogP contribution in [0.1, 0.15) is 57.2 Å². The van der Waals surface area contributed by atoms with Gasteiger partial charge in [0.15, 0.2) is 0 Å². The van der Waals surface area contributed by atoms with Gasteiger partial charge >= 0.3 is 6.09 Å². The maximum atomic E-state index is 13.9. The first kappa shape index (κ1) is 40.7. The number of carbonyl (C=O) groups is 5. The van der Waals surface area contributed by atoms with Crippen LogP contribution in [0.4, 0.5) is 16.2 Å². The van der Waals surface area contributed by atoms with Crippen LogP contribution in [0.15, 0.2) is 108 Å². The number of aromatic amines is 1. The summed E-state index contributed by atoms with van der Waals surface area (Å²) in [6.45, 7) is 6.26. The van der Waals surface area contributed by atoms with E-state index in [9.17, 15) is 24.0 Å². The lowest BCUT2D eigenvalue weighted by molar-refractivity contribution is -0.138. The predicted octanol–water partition coefficient (Wildman–Crippen LogP) is 7.82. The summed E-state index contributed by atoms with van der Waals surface area (Å²) in [6.07, 6.45) is 1.02. The second-order valence-corrected chi connectivity index (χ2v) is 15.1. The second kappa shape index (κ2) is 18.8. The van der Waals surface area contributed by atoms with Gasteiger partial charge < -0.3 is 35.5 Å². The van der Waals surface area contributed by atoms with E-state index in [1.165, 1.54) is 4.90 Å². The molecule has 0 aliphatic carbocycles. The maximum absolute atomic E-state index is 13.9. The molecule has 1 fully saturated rings. The molecule has 57 heavy (non-hydrogen) atoms. The zero-order valence-electron chi connectivity index (χ0n) is 32.2. The van der Waals surface area contributed by atoms with Crippen molar-refractivity contribution in [2.24, 2.45) is 0 Å². The van der Waals surface area contributed by atoms with Gasteiger partial charge in [-0.3, -0.25) is 19.2 Å². The molecule has 5 amide bonds. The number of ether oxygens (including phenoxy) is 1. The Balaban J connectivity index is 1.10. The molecule has 296 valence electrons. The predicted molar refractivity (Wildman–Crippen MR) is 224 cm³/mol. The highest BCUT2D eigenvalue weighted by molar-refractivity contribution is 9.10. The van der Waals surface area contributed by atoms with Gasteiger partial charge in [-0.2, -0.15) is 0 Å². The molecule has 2 atom stereocenters. The largest absolute Gasteiger partial charge is 0.447 e. The molecule has 4 aromatic carbocycles. The summed E-state index contributed by atoms with van der Waals surface area (Å²) in [4.78, 5) is 72.8. The molecule has 13 heteroatoms. The van der Waals surface area contributed by atoms with E-state index in [0.29, 0.717) is 42.9 Å². The fourth-order valence-electron chi connectivity index (χ4n) is 6.97. The average molecular weight is 836 g/mol. The van der Waals surface area contributed by atoms with E-state index in [-0.39, 0.29) is 42.7 Å². The first-order chi connectivity index (χ1) is 27.5. The first-order valence-electron chi connectivity index (χ1n) is 19.2. The standard InChI is InChI=1S/C44H47BrN6O6/c1-4-23-50(38(53)25-29-12-7-5-8-13-29)27-37(52)46-32-19-17-31(18-20-32)40-39(45)34-26-33(21-22-35(34)48-40)47-42(54)36-16-11-24-51(36)43(55)41(30-14-9-6-10-15-30)49-44(56)57-28(2)3/h5-10,12-15,17-22,26,28,36,41,48H,4,11,16,23-25,27H2,1-3H3,(H,46,52)(H,47,54)(H,49,56)/t36-,41+/m0/s1. The molecule has 5 aromatic rings. The summed E-state index contributed by atoms with van der Waals surface area (Å²) in [7, 11) is 0. The molecule has 1 aliphatic rings. The summed E-state index contributed by atoms with van der Waals surface area (Å²) in [5, 5.41) is 9.46. The molecular formula is C44H47BrN6O6. The number of alkyl carbamates (subject to hydrolysis) is 1. The maximum Gasteiger partial charge on any atom is 0.408 e. The Kier molecular flexibility index (Phi) is 13.4. The summed E-state index contributed by atoms with van der Waals surface area (Å²) in [5.74, 6) is -1.07. The molecule has 6 rings (SSSR count). The molecule has 0 spiro atoms. The van der Waals surface area contributed by atoms with E-state index in [0.717, 1.165) is 38.6 Å². The van der Waals surface area contributed by atoms with Gasteiger partial charge in [-0.1, -0.05) is 79.7 Å². The summed E-state index contributed by atoms with van der Waals surface area (Å²) >= 11 is 3.75. The van der Waals surface area contributed by atoms with Crippen LogP contribution in [0.3, 0.4) is 0 Å². The smallest absolute Gasteiger partial charge is 0.408 e. The van der Waals surface area contributed by atoms with Gasteiger partial charge in [0.25, 0.3) is 5.91 Å². The number of rotatable bonds is 14. The Morgan fingerprint density at radius 3 is 2.26 bits per heavy atom. The Morgan fingerprint density at radius 2 is 1.58 bits per heavy atom. The van der Waals surface area contributed by atoms with Gasteiger partial charge in [0.2, 0.25) is 17.7 Å². The zero-order chi connectivity index (χ0) is 40.5. The van der Waals surface area contributed by atoms with E-state index >= 15 is 0 Å². The fourth-order valence-corrected chi connectivity index (χ4v) is 7.62. The number of H-pyrrole nitrogens is 1. The van der Waals surface area contributed by atoms with E-state index in [1.807, 2.05) is 79.7 Å². The third kappa shape index (κ3) is 10.3. The minimum atomic E-state index is -1.02. The lowest BCUT2D eigenvalue weighted by atomic mass is 10.0. The number of hydrogen-bond donors (Lipinski definition) is 4. The number of nitrogens with one attached hydrogen (secondary N) is 4. The first-order valence-corrected chi connectivity index (χ1v) is 20.0. The minimum absolute atomic E-state index is 0.0386. The average Bonchev–Trinajstić information content (AvgIpc) is 3.82. The number of carbonyl (C=O) groups excluding carboxylic acids is 5. The van der Waals surface area contributed by atoms with E-state index in [1.54, 1.807) is 49.1 Å². The lowest BCUT2D eigenvalue weighted by Crippen LogP contribution is -2.48. The van der Waals surface area contributed by atoms with Crippen LogP contribution in [0.25, 0.3) is 22.2 Å². The topological polar surface area (TPSA) is 153 Å². The van der Waals surface area contributed by atoms with Crippen molar-refractivity contribution < 1.29 is 28.7 Å². The van der Waals surface area contributed by atoms with Crippen LogP contribution >= 0.6 is 15.9 Å². The van der Waals surface area contributed by atoms with Gasteiger partial charge in [-0.25, -0.2) is 4.79 Å². The molecule has 12 nitrogen and oxygen atoms in total. The Morgan fingerprint density at radius 1 is 0.895 bits per heavy atom.